The van der Waals surface area contributed by atoms with Crippen molar-refractivity contribution in [3.8, 4) is 11.3 Å². The molecule has 1 aromatic heterocycles. The Labute approximate surface area is 90.9 Å². The van der Waals surface area contributed by atoms with Crippen molar-refractivity contribution in [1.82, 2.24) is 0 Å². The molecule has 76 valence electrons. The van der Waals surface area contributed by atoms with Gasteiger partial charge in [0.15, 0.2) is 0 Å². The SMILES string of the molecule is O=C(O)c1ccc(Cl)cc1-c1ccco1. The molecule has 0 aliphatic heterocycles. The van der Waals surface area contributed by atoms with Crippen LogP contribution in [0.5, 0.6) is 0 Å². The Morgan fingerprint density at radius 1 is 1.33 bits per heavy atom. The summed E-state index contributed by atoms with van der Waals surface area (Å²) in [6.45, 7) is 0. The smallest absolute Gasteiger partial charge is 0.336 e. The zero-order chi connectivity index (χ0) is 10.8. The summed E-state index contributed by atoms with van der Waals surface area (Å²) in [7, 11) is 0. The fourth-order valence-corrected chi connectivity index (χ4v) is 1.51. The van der Waals surface area contributed by atoms with E-state index < -0.39 is 5.97 Å². The average molecular weight is 223 g/mol. The van der Waals surface area contributed by atoms with Crippen LogP contribution in [0.3, 0.4) is 0 Å². The lowest BCUT2D eigenvalue weighted by Crippen LogP contribution is -1.98. The molecule has 2 aromatic rings. The lowest BCUT2D eigenvalue weighted by atomic mass is 10.1. The fraction of sp³-hybridized carbons (Fsp3) is 0. The van der Waals surface area contributed by atoms with Gasteiger partial charge in [0.05, 0.1) is 11.8 Å². The topological polar surface area (TPSA) is 50.4 Å². The normalized spacial score (nSPS) is 10.2. The van der Waals surface area contributed by atoms with Gasteiger partial charge in [0.2, 0.25) is 0 Å². The van der Waals surface area contributed by atoms with Crippen molar-refractivity contribution in [2.24, 2.45) is 0 Å². The second kappa shape index (κ2) is 3.79. The van der Waals surface area contributed by atoms with Crippen molar-refractivity contribution in [2.45, 2.75) is 0 Å². The van der Waals surface area contributed by atoms with E-state index >= 15 is 0 Å². The molecule has 0 saturated heterocycles. The van der Waals surface area contributed by atoms with Crippen molar-refractivity contribution in [1.29, 1.82) is 0 Å². The zero-order valence-corrected chi connectivity index (χ0v) is 8.36. The minimum atomic E-state index is -1.00. The second-order valence-corrected chi connectivity index (χ2v) is 3.41. The molecule has 0 bridgehead atoms. The van der Waals surface area contributed by atoms with Gasteiger partial charge in [-0.05, 0) is 30.3 Å². The first-order valence-electron chi connectivity index (χ1n) is 4.25. The summed E-state index contributed by atoms with van der Waals surface area (Å²) in [6.07, 6.45) is 1.49. The molecular formula is C11H7ClO3. The van der Waals surface area contributed by atoms with E-state index in [1.165, 1.54) is 18.4 Å². The maximum atomic E-state index is 10.9. The van der Waals surface area contributed by atoms with Crippen molar-refractivity contribution < 1.29 is 14.3 Å². The Bertz CT molecular complexity index is 489. The van der Waals surface area contributed by atoms with Crippen LogP contribution < -0.4 is 0 Å². The van der Waals surface area contributed by atoms with Gasteiger partial charge in [-0.15, -0.1) is 0 Å². The van der Waals surface area contributed by atoms with Crippen molar-refractivity contribution >= 4 is 17.6 Å². The number of carbonyl (C=O) groups is 1. The third-order valence-corrected chi connectivity index (χ3v) is 2.23. The van der Waals surface area contributed by atoms with Gasteiger partial charge in [-0.1, -0.05) is 11.6 Å². The van der Waals surface area contributed by atoms with E-state index in [0.29, 0.717) is 16.3 Å². The first kappa shape index (κ1) is 9.80. The molecule has 0 spiro atoms. The van der Waals surface area contributed by atoms with Crippen LogP contribution in [-0.4, -0.2) is 11.1 Å². The Morgan fingerprint density at radius 2 is 2.13 bits per heavy atom. The number of hydrogen-bond acceptors (Lipinski definition) is 2. The summed E-state index contributed by atoms with van der Waals surface area (Å²) < 4.78 is 5.14. The molecule has 0 atom stereocenters. The molecule has 1 heterocycles. The largest absolute Gasteiger partial charge is 0.478 e. The number of hydrogen-bond donors (Lipinski definition) is 1. The predicted molar refractivity (Wildman–Crippen MR) is 56.1 cm³/mol. The van der Waals surface area contributed by atoms with E-state index in [-0.39, 0.29) is 5.56 Å². The first-order chi connectivity index (χ1) is 7.18. The lowest BCUT2D eigenvalue weighted by Gasteiger charge is -2.03. The van der Waals surface area contributed by atoms with E-state index in [2.05, 4.69) is 0 Å². The van der Waals surface area contributed by atoms with Gasteiger partial charge < -0.3 is 9.52 Å². The van der Waals surface area contributed by atoms with Gasteiger partial charge in [0, 0.05) is 10.6 Å². The molecule has 0 fully saturated rings. The van der Waals surface area contributed by atoms with Gasteiger partial charge >= 0.3 is 5.97 Å². The van der Waals surface area contributed by atoms with Gasteiger partial charge in [-0.2, -0.15) is 0 Å². The van der Waals surface area contributed by atoms with Crippen LogP contribution in [0.15, 0.2) is 41.0 Å². The number of halogens is 1. The van der Waals surface area contributed by atoms with Gasteiger partial charge in [-0.3, -0.25) is 0 Å². The summed E-state index contributed by atoms with van der Waals surface area (Å²) in [5.41, 5.74) is 0.661. The summed E-state index contributed by atoms with van der Waals surface area (Å²) in [5, 5.41) is 9.45. The number of benzene rings is 1. The van der Waals surface area contributed by atoms with Crippen molar-refractivity contribution in [2.75, 3.05) is 0 Å². The molecule has 0 aliphatic rings. The highest BCUT2D eigenvalue weighted by Crippen LogP contribution is 2.27. The number of furan rings is 1. The maximum absolute atomic E-state index is 10.9. The molecular weight excluding hydrogens is 216 g/mol. The molecule has 2 rings (SSSR count). The molecule has 0 aliphatic carbocycles. The van der Waals surface area contributed by atoms with Gasteiger partial charge in [0.1, 0.15) is 5.76 Å². The Hall–Kier alpha value is -1.74. The minimum absolute atomic E-state index is 0.175. The number of carboxylic acids is 1. The Morgan fingerprint density at radius 3 is 2.73 bits per heavy atom. The van der Waals surface area contributed by atoms with Crippen LogP contribution in [0.25, 0.3) is 11.3 Å². The third-order valence-electron chi connectivity index (χ3n) is 2.00. The van der Waals surface area contributed by atoms with Crippen LogP contribution in [0.2, 0.25) is 5.02 Å². The monoisotopic (exact) mass is 222 g/mol. The van der Waals surface area contributed by atoms with E-state index in [0.717, 1.165) is 0 Å². The van der Waals surface area contributed by atoms with Crippen molar-refractivity contribution in [3.05, 3.63) is 47.2 Å². The molecule has 1 aromatic carbocycles. The molecule has 15 heavy (non-hydrogen) atoms. The molecule has 0 unspecified atom stereocenters. The standard InChI is InChI=1S/C11H7ClO3/c12-7-3-4-8(11(13)14)9(6-7)10-2-1-5-15-10/h1-6H,(H,13,14). The van der Waals surface area contributed by atoms with Crippen LogP contribution >= 0.6 is 11.6 Å². The highest BCUT2D eigenvalue weighted by molar-refractivity contribution is 6.31. The van der Waals surface area contributed by atoms with Gasteiger partial charge in [-0.25, -0.2) is 4.79 Å². The number of aromatic carboxylic acids is 1. The van der Waals surface area contributed by atoms with Crippen LogP contribution in [0, 0.1) is 0 Å². The third kappa shape index (κ3) is 1.87. The average Bonchev–Trinajstić information content (AvgIpc) is 2.69. The zero-order valence-electron chi connectivity index (χ0n) is 7.61. The fourth-order valence-electron chi connectivity index (χ4n) is 1.34. The van der Waals surface area contributed by atoms with Crippen LogP contribution in [0.1, 0.15) is 10.4 Å². The second-order valence-electron chi connectivity index (χ2n) is 2.97. The lowest BCUT2D eigenvalue weighted by molar-refractivity contribution is 0.0697. The number of rotatable bonds is 2. The molecule has 4 heteroatoms. The molecule has 1 N–H and O–H groups in total. The summed E-state index contributed by atoms with van der Waals surface area (Å²) in [5.74, 6) is -0.507. The molecule has 0 saturated carbocycles. The Balaban J connectivity index is 2.63. The first-order valence-corrected chi connectivity index (χ1v) is 4.63. The van der Waals surface area contributed by atoms with Crippen LogP contribution in [0.4, 0.5) is 0 Å². The van der Waals surface area contributed by atoms with Crippen molar-refractivity contribution in [3.63, 3.8) is 0 Å². The van der Waals surface area contributed by atoms with E-state index in [4.69, 9.17) is 21.1 Å². The molecule has 0 amide bonds. The summed E-state index contributed by atoms with van der Waals surface area (Å²) >= 11 is 5.80. The highest BCUT2D eigenvalue weighted by Gasteiger charge is 2.13. The van der Waals surface area contributed by atoms with E-state index in [1.54, 1.807) is 18.2 Å². The predicted octanol–water partition coefficient (Wildman–Crippen LogP) is 3.30. The summed E-state index contributed by atoms with van der Waals surface area (Å²) in [6, 6.07) is 7.96. The number of carboxylic acid groups (broad SMARTS) is 1. The maximum Gasteiger partial charge on any atom is 0.336 e. The van der Waals surface area contributed by atoms with Gasteiger partial charge in [0.25, 0.3) is 0 Å². The summed E-state index contributed by atoms with van der Waals surface area (Å²) in [4.78, 5) is 10.9. The van der Waals surface area contributed by atoms with E-state index in [1.807, 2.05) is 0 Å². The molecule has 3 nitrogen and oxygen atoms in total. The van der Waals surface area contributed by atoms with Crippen LogP contribution in [-0.2, 0) is 0 Å². The minimum Gasteiger partial charge on any atom is -0.478 e. The Kier molecular flexibility index (Phi) is 2.47. The quantitative estimate of drug-likeness (QED) is 0.848. The highest BCUT2D eigenvalue weighted by atomic mass is 35.5. The molecule has 0 radical (unpaired) electrons. The van der Waals surface area contributed by atoms with E-state index in [9.17, 15) is 4.79 Å².